The Bertz CT molecular complexity index is 799. The molecule has 5 nitrogen and oxygen atoms in total. The highest BCUT2D eigenvalue weighted by Crippen LogP contribution is 2.33. The number of nitrogens with one attached hydrogen (secondary N) is 2. The number of hydrogen-bond acceptors (Lipinski definition) is 3. The standard InChI is InChI=1S/C21H30N4O.HI/c1-4-22-21(24-16-11-14(2)25(13-16)17-9-10-17)23-12-20-15(3)18-7-5-6-8-19(18)26-20;/h5-8,14,16-17H,4,9-13H2,1-3H3,(H2,22,23,24);1H. The summed E-state index contributed by atoms with van der Waals surface area (Å²) >= 11 is 0. The summed E-state index contributed by atoms with van der Waals surface area (Å²) in [5, 5.41) is 8.21. The average molecular weight is 482 g/mol. The summed E-state index contributed by atoms with van der Waals surface area (Å²) in [6.45, 7) is 9.12. The third-order valence-corrected chi connectivity index (χ3v) is 5.65. The Hall–Kier alpha value is -1.28. The number of rotatable bonds is 5. The maximum Gasteiger partial charge on any atom is 0.191 e. The molecule has 2 aromatic rings. The second kappa shape index (κ2) is 8.82. The number of likely N-dealkylation sites (tertiary alicyclic amines) is 1. The first-order chi connectivity index (χ1) is 12.7. The van der Waals surface area contributed by atoms with Crippen molar-refractivity contribution in [1.29, 1.82) is 0 Å². The van der Waals surface area contributed by atoms with Crippen LogP contribution in [-0.2, 0) is 6.54 Å². The van der Waals surface area contributed by atoms with Gasteiger partial charge in [-0.15, -0.1) is 24.0 Å². The lowest BCUT2D eigenvalue weighted by Crippen LogP contribution is -2.44. The van der Waals surface area contributed by atoms with E-state index in [1.807, 2.05) is 12.1 Å². The molecule has 1 saturated heterocycles. The van der Waals surface area contributed by atoms with E-state index >= 15 is 0 Å². The minimum Gasteiger partial charge on any atom is -0.459 e. The van der Waals surface area contributed by atoms with Crippen molar-refractivity contribution >= 4 is 40.9 Å². The van der Waals surface area contributed by atoms with Gasteiger partial charge in [0, 0.05) is 42.2 Å². The number of guanidine groups is 1. The molecule has 2 aliphatic rings. The van der Waals surface area contributed by atoms with Crippen LogP contribution in [0.3, 0.4) is 0 Å². The van der Waals surface area contributed by atoms with E-state index in [0.29, 0.717) is 18.6 Å². The van der Waals surface area contributed by atoms with Crippen LogP contribution in [0.5, 0.6) is 0 Å². The highest BCUT2D eigenvalue weighted by molar-refractivity contribution is 14.0. The Labute approximate surface area is 179 Å². The number of aliphatic imine (C=N–C) groups is 1. The van der Waals surface area contributed by atoms with Crippen molar-refractivity contribution in [2.24, 2.45) is 4.99 Å². The average Bonchev–Trinajstić information content (AvgIpc) is 3.34. The monoisotopic (exact) mass is 482 g/mol. The Morgan fingerprint density at radius 3 is 2.78 bits per heavy atom. The molecule has 0 bridgehead atoms. The zero-order valence-corrected chi connectivity index (χ0v) is 18.8. The van der Waals surface area contributed by atoms with Crippen LogP contribution in [0.25, 0.3) is 11.0 Å². The molecule has 2 N–H and O–H groups in total. The molecule has 1 aliphatic carbocycles. The summed E-state index contributed by atoms with van der Waals surface area (Å²) in [6.07, 6.45) is 3.93. The highest BCUT2D eigenvalue weighted by Gasteiger charge is 2.38. The van der Waals surface area contributed by atoms with Crippen LogP contribution in [0.4, 0.5) is 0 Å². The number of para-hydroxylation sites is 1. The maximum atomic E-state index is 6.00. The molecule has 1 aromatic heterocycles. The predicted molar refractivity (Wildman–Crippen MR) is 122 cm³/mol. The zero-order valence-electron chi connectivity index (χ0n) is 16.5. The lowest BCUT2D eigenvalue weighted by Gasteiger charge is -2.20. The maximum absolute atomic E-state index is 6.00. The molecule has 0 amide bonds. The van der Waals surface area contributed by atoms with Gasteiger partial charge in [0.2, 0.25) is 0 Å². The van der Waals surface area contributed by atoms with E-state index in [2.05, 4.69) is 48.4 Å². The molecule has 2 unspecified atom stereocenters. The fourth-order valence-corrected chi connectivity index (χ4v) is 4.12. The lowest BCUT2D eigenvalue weighted by atomic mass is 10.1. The quantitative estimate of drug-likeness (QED) is 0.384. The predicted octanol–water partition coefficient (Wildman–Crippen LogP) is 4.04. The van der Waals surface area contributed by atoms with Crippen LogP contribution in [-0.4, -0.2) is 42.1 Å². The van der Waals surface area contributed by atoms with E-state index < -0.39 is 0 Å². The SMILES string of the molecule is CCNC(=NCc1oc2ccccc2c1C)NC1CC(C)N(C2CC2)C1.I. The van der Waals surface area contributed by atoms with Crippen molar-refractivity contribution in [2.75, 3.05) is 13.1 Å². The van der Waals surface area contributed by atoms with E-state index in [-0.39, 0.29) is 24.0 Å². The van der Waals surface area contributed by atoms with Crippen LogP contribution in [0.2, 0.25) is 0 Å². The molecule has 2 atom stereocenters. The topological polar surface area (TPSA) is 52.8 Å². The number of halogens is 1. The second-order valence-corrected chi connectivity index (χ2v) is 7.70. The summed E-state index contributed by atoms with van der Waals surface area (Å²) < 4.78 is 6.00. The summed E-state index contributed by atoms with van der Waals surface area (Å²) in [5.41, 5.74) is 2.13. The van der Waals surface area contributed by atoms with E-state index in [4.69, 9.17) is 9.41 Å². The summed E-state index contributed by atoms with van der Waals surface area (Å²) in [4.78, 5) is 7.45. The number of benzene rings is 1. The van der Waals surface area contributed by atoms with Crippen molar-refractivity contribution in [3.8, 4) is 0 Å². The van der Waals surface area contributed by atoms with Crippen molar-refractivity contribution in [3.05, 3.63) is 35.6 Å². The number of hydrogen-bond donors (Lipinski definition) is 2. The Balaban J connectivity index is 0.00000210. The number of nitrogens with zero attached hydrogens (tertiary/aromatic N) is 2. The molecule has 0 radical (unpaired) electrons. The number of furan rings is 1. The van der Waals surface area contributed by atoms with Crippen LogP contribution < -0.4 is 10.6 Å². The molecule has 1 saturated carbocycles. The lowest BCUT2D eigenvalue weighted by molar-refractivity contribution is 0.256. The van der Waals surface area contributed by atoms with Gasteiger partial charge >= 0.3 is 0 Å². The molecule has 2 heterocycles. The highest BCUT2D eigenvalue weighted by atomic mass is 127. The van der Waals surface area contributed by atoms with E-state index in [1.54, 1.807) is 0 Å². The Morgan fingerprint density at radius 2 is 2.07 bits per heavy atom. The first-order valence-electron chi connectivity index (χ1n) is 9.93. The molecule has 27 heavy (non-hydrogen) atoms. The van der Waals surface area contributed by atoms with Gasteiger partial charge < -0.3 is 15.1 Å². The number of fused-ring (bicyclic) bond motifs is 1. The molecular formula is C21H31IN4O. The molecule has 6 heteroatoms. The smallest absolute Gasteiger partial charge is 0.191 e. The molecule has 1 aromatic carbocycles. The van der Waals surface area contributed by atoms with Gasteiger partial charge in [-0.1, -0.05) is 18.2 Å². The van der Waals surface area contributed by atoms with Gasteiger partial charge in [-0.25, -0.2) is 4.99 Å². The summed E-state index contributed by atoms with van der Waals surface area (Å²) in [5.74, 6) is 1.84. The largest absolute Gasteiger partial charge is 0.459 e. The minimum absolute atomic E-state index is 0. The van der Waals surface area contributed by atoms with Gasteiger partial charge in [0.05, 0.1) is 0 Å². The third kappa shape index (κ3) is 4.59. The van der Waals surface area contributed by atoms with Gasteiger partial charge in [0.25, 0.3) is 0 Å². The first kappa shape index (κ1) is 20.5. The molecular weight excluding hydrogens is 451 g/mol. The normalized spacial score (nSPS) is 23.4. The fraction of sp³-hybridized carbons (Fsp3) is 0.571. The molecule has 1 aliphatic heterocycles. The summed E-state index contributed by atoms with van der Waals surface area (Å²) in [6, 6.07) is 10.2. The molecule has 4 rings (SSSR count). The van der Waals surface area contributed by atoms with Crippen molar-refractivity contribution in [2.45, 2.75) is 64.7 Å². The van der Waals surface area contributed by atoms with Crippen LogP contribution in [0.1, 0.15) is 44.4 Å². The van der Waals surface area contributed by atoms with Gasteiger partial charge in [-0.2, -0.15) is 0 Å². The first-order valence-corrected chi connectivity index (χ1v) is 9.93. The van der Waals surface area contributed by atoms with E-state index in [0.717, 1.165) is 36.4 Å². The van der Waals surface area contributed by atoms with Crippen LogP contribution in [0.15, 0.2) is 33.7 Å². The van der Waals surface area contributed by atoms with E-state index in [1.165, 1.54) is 30.2 Å². The van der Waals surface area contributed by atoms with Crippen LogP contribution >= 0.6 is 24.0 Å². The van der Waals surface area contributed by atoms with Gasteiger partial charge in [0.15, 0.2) is 5.96 Å². The zero-order chi connectivity index (χ0) is 18.1. The third-order valence-electron chi connectivity index (χ3n) is 5.65. The van der Waals surface area contributed by atoms with E-state index in [9.17, 15) is 0 Å². The number of aryl methyl sites for hydroxylation is 1. The summed E-state index contributed by atoms with van der Waals surface area (Å²) in [7, 11) is 0. The molecule has 148 valence electrons. The minimum atomic E-state index is 0. The Morgan fingerprint density at radius 1 is 1.30 bits per heavy atom. The van der Waals surface area contributed by atoms with Gasteiger partial charge in [-0.05, 0) is 46.1 Å². The van der Waals surface area contributed by atoms with Crippen molar-refractivity contribution in [1.82, 2.24) is 15.5 Å². The molecule has 2 fully saturated rings. The Kier molecular flexibility index (Phi) is 6.68. The van der Waals surface area contributed by atoms with Gasteiger partial charge in [0.1, 0.15) is 17.9 Å². The van der Waals surface area contributed by atoms with Crippen LogP contribution in [0, 0.1) is 6.92 Å². The fourth-order valence-electron chi connectivity index (χ4n) is 4.12. The molecule has 0 spiro atoms. The second-order valence-electron chi connectivity index (χ2n) is 7.70. The van der Waals surface area contributed by atoms with Gasteiger partial charge in [-0.3, -0.25) is 4.90 Å². The van der Waals surface area contributed by atoms with Crippen molar-refractivity contribution in [3.63, 3.8) is 0 Å². The van der Waals surface area contributed by atoms with Crippen molar-refractivity contribution < 1.29 is 4.42 Å².